The van der Waals surface area contributed by atoms with Gasteiger partial charge in [0, 0.05) is 50.9 Å². The summed E-state index contributed by atoms with van der Waals surface area (Å²) >= 11 is 0. The molecule has 1 aliphatic heterocycles. The Morgan fingerprint density at radius 2 is 1.79 bits per heavy atom. The summed E-state index contributed by atoms with van der Waals surface area (Å²) < 4.78 is 25.4. The number of hydrogen-bond donors (Lipinski definition) is 1. The smallest absolute Gasteiger partial charge is 0.221 e. The van der Waals surface area contributed by atoms with Crippen LogP contribution in [0.1, 0.15) is 42.9 Å². The SMILES string of the molecule is Cc1cccc(N2CCN(CC[C@H](C)NC(=O)CCS(=O)(=O)c3ccc4c(c3)CCC4)CC2)c1. The lowest BCUT2D eigenvalue weighted by molar-refractivity contribution is -0.121. The second kappa shape index (κ2) is 10.9. The van der Waals surface area contributed by atoms with Crippen LogP contribution in [0.5, 0.6) is 0 Å². The van der Waals surface area contributed by atoms with Crippen molar-refractivity contribution in [3.8, 4) is 0 Å². The minimum absolute atomic E-state index is 0.00107. The summed E-state index contributed by atoms with van der Waals surface area (Å²) in [6.45, 7) is 9.07. The van der Waals surface area contributed by atoms with Crippen LogP contribution in [0, 0.1) is 6.92 Å². The maximum absolute atomic E-state index is 12.7. The minimum atomic E-state index is -3.45. The highest BCUT2D eigenvalue weighted by molar-refractivity contribution is 7.91. The molecular weight excluding hydrogens is 446 g/mol. The molecule has 0 aromatic heterocycles. The van der Waals surface area contributed by atoms with E-state index in [2.05, 4.69) is 46.3 Å². The molecule has 6 nitrogen and oxygen atoms in total. The molecule has 0 saturated carbocycles. The number of benzene rings is 2. The highest BCUT2D eigenvalue weighted by Crippen LogP contribution is 2.25. The number of carbonyl (C=O) groups is 1. The van der Waals surface area contributed by atoms with Crippen LogP contribution in [0.4, 0.5) is 5.69 Å². The standard InChI is InChI=1S/C27H37N3O3S/c1-21-5-3-8-25(19-21)30-16-14-29(15-17-30)13-11-22(2)28-27(31)12-18-34(32,33)26-10-9-23-6-4-7-24(23)20-26/h3,5,8-10,19-20,22H,4,6-7,11-18H2,1-2H3,(H,28,31)/t22-/m0/s1. The average molecular weight is 484 g/mol. The predicted molar refractivity (Wildman–Crippen MR) is 137 cm³/mol. The molecule has 1 fully saturated rings. The van der Waals surface area contributed by atoms with Gasteiger partial charge in [-0.05, 0) is 80.5 Å². The van der Waals surface area contributed by atoms with Gasteiger partial charge in [-0.15, -0.1) is 0 Å². The maximum Gasteiger partial charge on any atom is 0.221 e. The fourth-order valence-electron chi connectivity index (χ4n) is 4.94. The Morgan fingerprint density at radius 3 is 2.56 bits per heavy atom. The summed E-state index contributed by atoms with van der Waals surface area (Å²) in [6.07, 6.45) is 3.91. The first-order valence-electron chi connectivity index (χ1n) is 12.5. The first-order chi connectivity index (χ1) is 16.3. The molecule has 1 amide bonds. The van der Waals surface area contributed by atoms with E-state index in [-0.39, 0.29) is 24.1 Å². The number of hydrogen-bond acceptors (Lipinski definition) is 5. The molecule has 1 N–H and O–H groups in total. The van der Waals surface area contributed by atoms with Gasteiger partial charge in [0.05, 0.1) is 10.6 Å². The summed E-state index contributed by atoms with van der Waals surface area (Å²) in [7, 11) is -3.45. The van der Waals surface area contributed by atoms with Gasteiger partial charge in [-0.1, -0.05) is 18.2 Å². The van der Waals surface area contributed by atoms with Crippen LogP contribution in [-0.4, -0.2) is 63.7 Å². The second-order valence-corrected chi connectivity index (χ2v) is 11.9. The normalized spacial score (nSPS) is 17.4. The zero-order valence-corrected chi connectivity index (χ0v) is 21.2. The van der Waals surface area contributed by atoms with E-state index < -0.39 is 9.84 Å². The molecule has 1 saturated heterocycles. The van der Waals surface area contributed by atoms with Gasteiger partial charge in [-0.2, -0.15) is 0 Å². The maximum atomic E-state index is 12.7. The van der Waals surface area contributed by atoms with Gasteiger partial charge < -0.3 is 10.2 Å². The van der Waals surface area contributed by atoms with Gasteiger partial charge in [0.15, 0.2) is 9.84 Å². The molecule has 1 heterocycles. The van der Waals surface area contributed by atoms with E-state index in [1.54, 1.807) is 12.1 Å². The number of piperazine rings is 1. The molecule has 1 aliphatic carbocycles. The number of anilines is 1. The van der Waals surface area contributed by atoms with Crippen molar-refractivity contribution in [1.29, 1.82) is 0 Å². The largest absolute Gasteiger partial charge is 0.369 e. The number of amides is 1. The lowest BCUT2D eigenvalue weighted by Gasteiger charge is -2.36. The molecule has 7 heteroatoms. The Labute approximate surface area is 204 Å². The van der Waals surface area contributed by atoms with Crippen molar-refractivity contribution in [2.45, 2.75) is 56.9 Å². The van der Waals surface area contributed by atoms with Crippen LogP contribution < -0.4 is 10.2 Å². The number of carbonyl (C=O) groups excluding carboxylic acids is 1. The molecule has 0 unspecified atom stereocenters. The van der Waals surface area contributed by atoms with Crippen LogP contribution in [0.2, 0.25) is 0 Å². The van der Waals surface area contributed by atoms with Crippen molar-refractivity contribution in [3.63, 3.8) is 0 Å². The highest BCUT2D eigenvalue weighted by Gasteiger charge is 2.21. The van der Waals surface area contributed by atoms with E-state index in [0.29, 0.717) is 4.90 Å². The van der Waals surface area contributed by atoms with Crippen molar-refractivity contribution in [3.05, 3.63) is 59.2 Å². The predicted octanol–water partition coefficient (Wildman–Crippen LogP) is 3.36. The van der Waals surface area contributed by atoms with Crippen LogP contribution in [0.15, 0.2) is 47.4 Å². The summed E-state index contributed by atoms with van der Waals surface area (Å²) in [5.74, 6) is -0.341. The van der Waals surface area contributed by atoms with Gasteiger partial charge in [-0.25, -0.2) is 8.42 Å². The first-order valence-corrected chi connectivity index (χ1v) is 14.1. The number of fused-ring (bicyclic) bond motifs is 1. The third-order valence-corrected chi connectivity index (χ3v) is 8.77. The van der Waals surface area contributed by atoms with Gasteiger partial charge in [-0.3, -0.25) is 9.69 Å². The molecule has 4 rings (SSSR count). The van der Waals surface area contributed by atoms with E-state index >= 15 is 0 Å². The zero-order chi connectivity index (χ0) is 24.1. The summed E-state index contributed by atoms with van der Waals surface area (Å²) in [5, 5.41) is 2.99. The number of sulfone groups is 1. The zero-order valence-electron chi connectivity index (χ0n) is 20.4. The fourth-order valence-corrected chi connectivity index (χ4v) is 6.22. The van der Waals surface area contributed by atoms with E-state index in [9.17, 15) is 13.2 Å². The lowest BCUT2D eigenvalue weighted by Crippen LogP contribution is -2.47. The van der Waals surface area contributed by atoms with Crippen molar-refractivity contribution in [2.24, 2.45) is 0 Å². The Kier molecular flexibility index (Phi) is 7.94. The molecule has 0 radical (unpaired) electrons. The van der Waals surface area contributed by atoms with Gasteiger partial charge in [0.25, 0.3) is 0 Å². The number of nitrogens with one attached hydrogen (secondary N) is 1. The van der Waals surface area contributed by atoms with Crippen LogP contribution >= 0.6 is 0 Å². The van der Waals surface area contributed by atoms with Crippen LogP contribution in [0.3, 0.4) is 0 Å². The molecule has 0 bridgehead atoms. The summed E-state index contributed by atoms with van der Waals surface area (Å²) in [5.41, 5.74) is 4.96. The average Bonchev–Trinajstić information content (AvgIpc) is 3.30. The quantitative estimate of drug-likeness (QED) is 0.592. The molecular formula is C27H37N3O3S. The monoisotopic (exact) mass is 483 g/mol. The Balaban J connectivity index is 1.17. The molecule has 34 heavy (non-hydrogen) atoms. The van der Waals surface area contributed by atoms with Crippen molar-refractivity contribution >= 4 is 21.4 Å². The van der Waals surface area contributed by atoms with Gasteiger partial charge >= 0.3 is 0 Å². The molecule has 0 spiro atoms. The topological polar surface area (TPSA) is 69.7 Å². The number of rotatable bonds is 9. The van der Waals surface area contributed by atoms with Gasteiger partial charge in [0.1, 0.15) is 0 Å². The van der Waals surface area contributed by atoms with Crippen molar-refractivity contribution in [2.75, 3.05) is 43.4 Å². The Bertz CT molecular complexity index is 1110. The third-order valence-electron chi connectivity index (χ3n) is 7.05. The molecule has 184 valence electrons. The fraction of sp³-hybridized carbons (Fsp3) is 0.519. The second-order valence-electron chi connectivity index (χ2n) is 9.78. The van der Waals surface area contributed by atoms with Gasteiger partial charge in [0.2, 0.25) is 5.91 Å². The van der Waals surface area contributed by atoms with E-state index in [0.717, 1.165) is 64.0 Å². The molecule has 2 aromatic carbocycles. The first kappa shape index (κ1) is 24.7. The Hall–Kier alpha value is -2.38. The van der Waals surface area contributed by atoms with Crippen LogP contribution in [0.25, 0.3) is 0 Å². The molecule has 2 aromatic rings. The van der Waals surface area contributed by atoms with E-state index in [1.165, 1.54) is 16.8 Å². The summed E-state index contributed by atoms with van der Waals surface area (Å²) in [4.78, 5) is 17.6. The van der Waals surface area contributed by atoms with Crippen molar-refractivity contribution in [1.82, 2.24) is 10.2 Å². The van der Waals surface area contributed by atoms with Crippen LogP contribution in [-0.2, 0) is 27.5 Å². The number of nitrogens with zero attached hydrogens (tertiary/aromatic N) is 2. The highest BCUT2D eigenvalue weighted by atomic mass is 32.2. The van der Waals surface area contributed by atoms with E-state index in [1.807, 2.05) is 13.0 Å². The van der Waals surface area contributed by atoms with E-state index in [4.69, 9.17) is 0 Å². The Morgan fingerprint density at radius 1 is 1.03 bits per heavy atom. The summed E-state index contributed by atoms with van der Waals surface area (Å²) in [6, 6.07) is 14.1. The third kappa shape index (κ3) is 6.39. The molecule has 1 atom stereocenters. The lowest BCUT2D eigenvalue weighted by atomic mass is 10.1. The number of aryl methyl sites for hydroxylation is 3. The van der Waals surface area contributed by atoms with Crippen molar-refractivity contribution < 1.29 is 13.2 Å². The molecule has 2 aliphatic rings. The minimum Gasteiger partial charge on any atom is -0.369 e.